The van der Waals surface area contributed by atoms with E-state index in [1.807, 2.05) is 6.07 Å². The van der Waals surface area contributed by atoms with Crippen LogP contribution in [0.2, 0.25) is 0 Å². The summed E-state index contributed by atoms with van der Waals surface area (Å²) < 4.78 is 1.56. The van der Waals surface area contributed by atoms with E-state index in [0.717, 1.165) is 24.6 Å². The number of amides is 3. The number of para-hydroxylation sites is 1. The number of hydrogen-bond donors (Lipinski definition) is 3. The van der Waals surface area contributed by atoms with Crippen molar-refractivity contribution in [2.45, 2.75) is 24.0 Å². The van der Waals surface area contributed by atoms with Crippen molar-refractivity contribution in [1.29, 1.82) is 0 Å². The van der Waals surface area contributed by atoms with Crippen LogP contribution in [0.3, 0.4) is 0 Å². The van der Waals surface area contributed by atoms with Crippen LogP contribution in [0, 0.1) is 0 Å². The molecule has 1 fully saturated rings. The van der Waals surface area contributed by atoms with Gasteiger partial charge in [-0.1, -0.05) is 30.0 Å². The van der Waals surface area contributed by atoms with Gasteiger partial charge in [0.2, 0.25) is 5.91 Å². The molecule has 0 atom stereocenters. The number of carbonyl (C=O) groups is 2. The topological polar surface area (TPSA) is 109 Å². The molecule has 0 spiro atoms. The molecular formula is C14H15N5O3S. The summed E-state index contributed by atoms with van der Waals surface area (Å²) in [5.74, 6) is -0.458. The number of rotatable bonds is 5. The Morgan fingerprint density at radius 1 is 1.30 bits per heavy atom. The number of imide groups is 1. The molecule has 2 aromatic rings. The number of urea groups is 1. The number of hydrogen-bond acceptors (Lipinski definition) is 5. The highest BCUT2D eigenvalue weighted by atomic mass is 32.2. The van der Waals surface area contributed by atoms with Crippen LogP contribution in [-0.4, -0.2) is 32.5 Å². The maximum atomic E-state index is 11.8. The first-order valence-electron chi connectivity index (χ1n) is 7.09. The average Bonchev–Trinajstić information content (AvgIpc) is 3.29. The van der Waals surface area contributed by atoms with Crippen molar-refractivity contribution in [1.82, 2.24) is 20.1 Å². The Morgan fingerprint density at radius 2 is 2.04 bits per heavy atom. The molecule has 1 aromatic carbocycles. The summed E-state index contributed by atoms with van der Waals surface area (Å²) in [6.45, 7) is 0. The van der Waals surface area contributed by atoms with Crippen LogP contribution in [0.1, 0.15) is 18.9 Å². The third-order valence-corrected chi connectivity index (χ3v) is 4.15. The number of nitrogens with zero attached hydrogens (tertiary/aromatic N) is 2. The van der Waals surface area contributed by atoms with Crippen LogP contribution >= 0.6 is 11.8 Å². The zero-order valence-corrected chi connectivity index (χ0v) is 12.9. The highest BCUT2D eigenvalue weighted by molar-refractivity contribution is 7.99. The minimum atomic E-state index is -0.594. The number of H-pyrrole nitrogens is 1. The van der Waals surface area contributed by atoms with Crippen molar-refractivity contribution in [3.63, 3.8) is 0 Å². The molecular weight excluding hydrogens is 318 g/mol. The van der Waals surface area contributed by atoms with E-state index in [4.69, 9.17) is 0 Å². The molecule has 120 valence electrons. The van der Waals surface area contributed by atoms with Gasteiger partial charge in [0, 0.05) is 11.7 Å². The van der Waals surface area contributed by atoms with Gasteiger partial charge in [0.05, 0.1) is 5.75 Å². The zero-order valence-electron chi connectivity index (χ0n) is 12.1. The van der Waals surface area contributed by atoms with E-state index in [0.29, 0.717) is 10.8 Å². The number of nitrogens with one attached hydrogen (secondary N) is 3. The first kappa shape index (κ1) is 15.3. The van der Waals surface area contributed by atoms with Crippen molar-refractivity contribution in [2.75, 3.05) is 11.1 Å². The van der Waals surface area contributed by atoms with Crippen molar-refractivity contribution in [2.24, 2.45) is 0 Å². The fourth-order valence-corrected chi connectivity index (χ4v) is 2.84. The normalized spacial score (nSPS) is 13.6. The quantitative estimate of drug-likeness (QED) is 0.716. The zero-order chi connectivity index (χ0) is 16.2. The predicted molar refractivity (Wildman–Crippen MR) is 85.4 cm³/mol. The fourth-order valence-electron chi connectivity index (χ4n) is 2.02. The number of anilines is 1. The molecule has 9 heteroatoms. The highest BCUT2D eigenvalue weighted by Crippen LogP contribution is 2.35. The molecule has 0 saturated heterocycles. The van der Waals surface area contributed by atoms with Gasteiger partial charge in [-0.2, -0.15) is 0 Å². The molecule has 0 bridgehead atoms. The maximum absolute atomic E-state index is 11.8. The molecule has 0 radical (unpaired) electrons. The van der Waals surface area contributed by atoms with Gasteiger partial charge in [-0.3, -0.25) is 14.7 Å². The molecule has 1 saturated carbocycles. The van der Waals surface area contributed by atoms with Crippen molar-refractivity contribution in [3.05, 3.63) is 40.8 Å². The maximum Gasteiger partial charge on any atom is 0.344 e. The lowest BCUT2D eigenvalue weighted by molar-refractivity contribution is -0.117. The second-order valence-electron chi connectivity index (χ2n) is 5.07. The summed E-state index contributed by atoms with van der Waals surface area (Å²) in [4.78, 5) is 35.1. The number of benzene rings is 1. The summed E-state index contributed by atoms with van der Waals surface area (Å²) in [5.41, 5.74) is 0.331. The standard InChI is InChI=1S/C14H15N5O3S/c20-11(16-12(21)15-9-4-2-1-3-5-9)8-23-14-18-17-13(22)19(14)10-6-7-10/h1-5,10H,6-8H2,(H,17,22)(H2,15,16,20,21). The Kier molecular flexibility index (Phi) is 4.47. The predicted octanol–water partition coefficient (Wildman–Crippen LogP) is 1.35. The molecule has 1 aliphatic carbocycles. The van der Waals surface area contributed by atoms with Gasteiger partial charge in [0.1, 0.15) is 0 Å². The van der Waals surface area contributed by atoms with E-state index in [9.17, 15) is 14.4 Å². The van der Waals surface area contributed by atoms with Crippen molar-refractivity contribution >= 4 is 29.4 Å². The van der Waals surface area contributed by atoms with Crippen LogP contribution in [-0.2, 0) is 4.79 Å². The lowest BCUT2D eigenvalue weighted by Crippen LogP contribution is -2.35. The third kappa shape index (κ3) is 4.01. The van der Waals surface area contributed by atoms with Gasteiger partial charge in [0.25, 0.3) is 0 Å². The average molecular weight is 333 g/mol. The molecule has 0 unspecified atom stereocenters. The Morgan fingerprint density at radius 3 is 2.74 bits per heavy atom. The lowest BCUT2D eigenvalue weighted by Gasteiger charge is -2.06. The molecule has 3 amide bonds. The summed E-state index contributed by atoms with van der Waals surface area (Å²) >= 11 is 1.12. The van der Waals surface area contributed by atoms with Crippen LogP contribution in [0.25, 0.3) is 0 Å². The minimum Gasteiger partial charge on any atom is -0.308 e. The Balaban J connectivity index is 1.50. The molecule has 1 aromatic heterocycles. The second-order valence-corrected chi connectivity index (χ2v) is 6.01. The monoisotopic (exact) mass is 333 g/mol. The van der Waals surface area contributed by atoms with E-state index in [-0.39, 0.29) is 17.5 Å². The van der Waals surface area contributed by atoms with E-state index in [1.54, 1.807) is 28.8 Å². The summed E-state index contributed by atoms with van der Waals surface area (Å²) in [6, 6.07) is 8.41. The molecule has 3 rings (SSSR count). The van der Waals surface area contributed by atoms with Gasteiger partial charge in [-0.25, -0.2) is 14.7 Å². The molecule has 3 N–H and O–H groups in total. The van der Waals surface area contributed by atoms with Gasteiger partial charge < -0.3 is 5.32 Å². The lowest BCUT2D eigenvalue weighted by atomic mass is 10.3. The largest absolute Gasteiger partial charge is 0.344 e. The van der Waals surface area contributed by atoms with E-state index in [1.165, 1.54) is 0 Å². The first-order valence-corrected chi connectivity index (χ1v) is 8.07. The van der Waals surface area contributed by atoms with Crippen LogP contribution in [0.5, 0.6) is 0 Å². The Bertz CT molecular complexity index is 766. The number of aromatic nitrogens is 3. The Hall–Kier alpha value is -2.55. The van der Waals surface area contributed by atoms with Crippen molar-refractivity contribution < 1.29 is 9.59 Å². The van der Waals surface area contributed by atoms with Crippen LogP contribution in [0.15, 0.2) is 40.3 Å². The highest BCUT2D eigenvalue weighted by Gasteiger charge is 2.28. The fraction of sp³-hybridized carbons (Fsp3) is 0.286. The van der Waals surface area contributed by atoms with E-state index >= 15 is 0 Å². The summed E-state index contributed by atoms with van der Waals surface area (Å²) in [6.07, 6.45) is 1.89. The van der Waals surface area contributed by atoms with E-state index < -0.39 is 11.9 Å². The molecule has 1 heterocycles. The minimum absolute atomic E-state index is 0.000771. The number of aromatic amines is 1. The molecule has 1 aliphatic rings. The van der Waals surface area contributed by atoms with Gasteiger partial charge in [0.15, 0.2) is 5.16 Å². The number of thioether (sulfide) groups is 1. The van der Waals surface area contributed by atoms with Crippen LogP contribution < -0.4 is 16.3 Å². The van der Waals surface area contributed by atoms with Gasteiger partial charge in [-0.05, 0) is 25.0 Å². The molecule has 8 nitrogen and oxygen atoms in total. The van der Waals surface area contributed by atoms with Crippen molar-refractivity contribution in [3.8, 4) is 0 Å². The summed E-state index contributed by atoms with van der Waals surface area (Å²) in [7, 11) is 0. The number of carbonyl (C=O) groups excluding carboxylic acids is 2. The van der Waals surface area contributed by atoms with Crippen LogP contribution in [0.4, 0.5) is 10.5 Å². The third-order valence-electron chi connectivity index (χ3n) is 3.20. The smallest absolute Gasteiger partial charge is 0.308 e. The first-order chi connectivity index (χ1) is 11.1. The summed E-state index contributed by atoms with van der Waals surface area (Å²) in [5, 5.41) is 11.5. The molecule has 0 aliphatic heterocycles. The van der Waals surface area contributed by atoms with Gasteiger partial charge in [-0.15, -0.1) is 5.10 Å². The Labute approximate surface area is 135 Å². The SMILES string of the molecule is O=C(CSc1n[nH]c(=O)n1C1CC1)NC(=O)Nc1ccccc1. The van der Waals surface area contributed by atoms with Gasteiger partial charge >= 0.3 is 11.7 Å². The van der Waals surface area contributed by atoms with E-state index in [2.05, 4.69) is 20.8 Å². The second kappa shape index (κ2) is 6.69. The molecule has 23 heavy (non-hydrogen) atoms.